The van der Waals surface area contributed by atoms with Gasteiger partial charge in [-0.1, -0.05) is 182 Å². The second-order valence-electron chi connectivity index (χ2n) is 9.54. The average molecular weight is 804 g/mol. The van der Waals surface area contributed by atoms with Gasteiger partial charge in [0.2, 0.25) is 0 Å². The molecule has 0 aliphatic rings. The molecule has 0 spiro atoms. The van der Waals surface area contributed by atoms with Crippen LogP contribution in [-0.2, 0) is 29.9 Å². The van der Waals surface area contributed by atoms with Crippen molar-refractivity contribution in [2.45, 2.75) is 13.8 Å². The van der Waals surface area contributed by atoms with Crippen molar-refractivity contribution in [2.75, 3.05) is 0 Å². The van der Waals surface area contributed by atoms with Crippen LogP contribution in [0.25, 0.3) is 0 Å². The number of nitriles is 2. The third kappa shape index (κ3) is 17.4. The smallest absolute Gasteiger partial charge is 0.759 e. The molecule has 50 heavy (non-hydrogen) atoms. The molecule has 0 saturated heterocycles. The fraction of sp³-hybridized carbons (Fsp3) is 0.0500. The molecule has 0 atom stereocenters. The van der Waals surface area contributed by atoms with Gasteiger partial charge < -0.3 is 9.11 Å². The van der Waals surface area contributed by atoms with Gasteiger partial charge >= 0.3 is 19.5 Å². The third-order valence-electron chi connectivity index (χ3n) is 6.09. The van der Waals surface area contributed by atoms with Crippen LogP contribution in [0.1, 0.15) is 13.8 Å². The van der Waals surface area contributed by atoms with E-state index < -0.39 is 26.2 Å². The van der Waals surface area contributed by atoms with Gasteiger partial charge in [0.25, 0.3) is 0 Å². The Kier molecular flexibility index (Phi) is 22.4. The molecule has 0 radical (unpaired) electrons. The van der Waals surface area contributed by atoms with Crippen LogP contribution in [0.5, 0.6) is 0 Å². The van der Waals surface area contributed by atoms with Gasteiger partial charge in [0.15, 0.2) is 0 Å². The minimum atomic E-state index is -5.17. The number of nitrogens with zero attached hydrogens (tertiary/aromatic N) is 2. The Morgan fingerprint density at radius 2 is 0.500 bits per heavy atom. The number of rotatable bonds is 6. The van der Waals surface area contributed by atoms with Crippen molar-refractivity contribution in [1.82, 2.24) is 0 Å². The molecule has 254 valence electrons. The fourth-order valence-electron chi connectivity index (χ4n) is 4.36. The minimum Gasteiger partial charge on any atom is -0.759 e. The van der Waals surface area contributed by atoms with E-state index in [0.29, 0.717) is 0 Å². The summed E-state index contributed by atoms with van der Waals surface area (Å²) >= 11 is 0. The largest absolute Gasteiger partial charge is 2.00 e. The average Bonchev–Trinajstić information content (AvgIpc) is 3.12. The molecule has 6 aromatic carbocycles. The first-order valence-corrected chi connectivity index (χ1v) is 18.9. The summed E-state index contributed by atoms with van der Waals surface area (Å²) in [6.07, 6.45) is 0. The van der Waals surface area contributed by atoms with Gasteiger partial charge in [-0.25, -0.2) is 0 Å². The first kappa shape index (κ1) is 43.7. The van der Waals surface area contributed by atoms with Crippen LogP contribution in [0.15, 0.2) is 182 Å². The zero-order chi connectivity index (χ0) is 35.7. The zero-order valence-corrected chi connectivity index (χ0v) is 31.8. The molecule has 0 fully saturated rings. The molecule has 0 unspecified atom stereocenters. The van der Waals surface area contributed by atoms with Gasteiger partial charge in [0.1, 0.15) is 0 Å². The van der Waals surface area contributed by atoms with Crippen LogP contribution in [0, 0.1) is 22.7 Å². The number of hydrogen-bond donors (Lipinski definition) is 0. The molecule has 0 N–H and O–H groups in total. The van der Waals surface area contributed by atoms with E-state index in [0.717, 1.165) is 0 Å². The summed E-state index contributed by atoms with van der Waals surface area (Å²) < 4.78 is 34.1. The normalized spacial score (nSPS) is 9.52. The van der Waals surface area contributed by atoms with Gasteiger partial charge in [0, 0.05) is 24.2 Å². The standard InChI is InChI=1S/2C18H15P.2C2H3N.H2O4S.Ru/c2*1-4-10-16(11-5-1)19(17-12-6-2-7-13-17)18-14-8-3-9-15-18;2*1-2-3;1-5(2,3)4;/h2*1-15H;2*1H3;(H2,1,2,3,4);/q;;;;;+2/p-2. The summed E-state index contributed by atoms with van der Waals surface area (Å²) in [5.41, 5.74) is 0. The van der Waals surface area contributed by atoms with Crippen LogP contribution in [0.4, 0.5) is 0 Å². The molecule has 0 bridgehead atoms. The van der Waals surface area contributed by atoms with E-state index in [2.05, 4.69) is 182 Å². The Morgan fingerprint density at radius 1 is 0.400 bits per heavy atom. The summed E-state index contributed by atoms with van der Waals surface area (Å²) in [6, 6.07) is 68.2. The van der Waals surface area contributed by atoms with Crippen LogP contribution in [-0.4, -0.2) is 17.5 Å². The third-order valence-corrected chi connectivity index (χ3v) is 11.0. The van der Waals surface area contributed by atoms with E-state index in [1.54, 1.807) is 12.1 Å². The van der Waals surface area contributed by atoms with Crippen LogP contribution in [0.3, 0.4) is 0 Å². The maximum absolute atomic E-state index is 8.52. The molecular formula is C40H36N2O4P2RuS. The van der Waals surface area contributed by atoms with E-state index in [-0.39, 0.29) is 19.5 Å². The Balaban J connectivity index is 0.000000382. The molecule has 0 saturated carbocycles. The van der Waals surface area contributed by atoms with Gasteiger partial charge in [-0.2, -0.15) is 10.5 Å². The van der Waals surface area contributed by atoms with Gasteiger partial charge in [-0.15, -0.1) is 0 Å². The predicted octanol–water partition coefficient (Wildman–Crippen LogP) is 6.61. The SMILES string of the molecule is CC#N.CC#N.O=S(=O)([O-])[O-].[Ru+2].c1ccc(P(c2ccccc2)c2ccccc2)cc1.c1ccc(P(c2ccccc2)c2ccccc2)cc1. The van der Waals surface area contributed by atoms with Gasteiger partial charge in [-0.3, -0.25) is 8.42 Å². The maximum atomic E-state index is 8.52. The van der Waals surface area contributed by atoms with Crippen LogP contribution in [0.2, 0.25) is 0 Å². The van der Waals surface area contributed by atoms with Crippen molar-refractivity contribution in [2.24, 2.45) is 0 Å². The quantitative estimate of drug-likeness (QED) is 0.0808. The summed E-state index contributed by atoms with van der Waals surface area (Å²) in [4.78, 5) is 0. The van der Waals surface area contributed by atoms with E-state index in [1.165, 1.54) is 45.7 Å². The van der Waals surface area contributed by atoms with Crippen molar-refractivity contribution in [1.29, 1.82) is 10.5 Å². The molecule has 6 nitrogen and oxygen atoms in total. The molecule has 0 aliphatic heterocycles. The van der Waals surface area contributed by atoms with Crippen LogP contribution >= 0.6 is 15.8 Å². The van der Waals surface area contributed by atoms with Crippen molar-refractivity contribution in [3.05, 3.63) is 182 Å². The Hall–Kier alpha value is -4.35. The molecule has 0 amide bonds. The van der Waals surface area contributed by atoms with E-state index in [9.17, 15) is 0 Å². The second-order valence-corrected chi connectivity index (χ2v) is 14.8. The number of hydrogen-bond acceptors (Lipinski definition) is 6. The molecule has 6 rings (SSSR count). The van der Waals surface area contributed by atoms with E-state index in [1.807, 2.05) is 0 Å². The monoisotopic (exact) mass is 804 g/mol. The Bertz CT molecular complexity index is 1610. The molecular weight excluding hydrogens is 768 g/mol. The molecule has 0 aliphatic carbocycles. The van der Waals surface area contributed by atoms with Crippen molar-refractivity contribution in [3.8, 4) is 12.1 Å². The zero-order valence-electron chi connectivity index (χ0n) is 27.5. The molecule has 0 heterocycles. The predicted molar refractivity (Wildman–Crippen MR) is 203 cm³/mol. The van der Waals surface area contributed by atoms with Crippen molar-refractivity contribution in [3.63, 3.8) is 0 Å². The topological polar surface area (TPSA) is 128 Å². The summed E-state index contributed by atoms with van der Waals surface area (Å²) in [7, 11) is -6.06. The Labute approximate surface area is 311 Å². The van der Waals surface area contributed by atoms with Crippen molar-refractivity contribution < 1.29 is 37.0 Å². The second kappa shape index (κ2) is 25.6. The maximum Gasteiger partial charge on any atom is 2.00 e. The molecule has 10 heteroatoms. The summed E-state index contributed by atoms with van der Waals surface area (Å²) in [5.74, 6) is 0. The van der Waals surface area contributed by atoms with Gasteiger partial charge in [0.05, 0.1) is 12.1 Å². The summed E-state index contributed by atoms with van der Waals surface area (Å²) in [5, 5.41) is 23.0. The van der Waals surface area contributed by atoms with Gasteiger partial charge in [-0.05, 0) is 47.7 Å². The van der Waals surface area contributed by atoms with Crippen LogP contribution < -0.4 is 31.8 Å². The summed E-state index contributed by atoms with van der Waals surface area (Å²) in [6.45, 7) is 2.86. The first-order chi connectivity index (χ1) is 23.7. The fourth-order valence-corrected chi connectivity index (χ4v) is 8.97. The van der Waals surface area contributed by atoms with E-state index in [4.69, 9.17) is 28.0 Å². The Morgan fingerprint density at radius 3 is 0.600 bits per heavy atom. The number of benzene rings is 6. The first-order valence-electron chi connectivity index (χ1n) is 14.9. The molecule has 0 aromatic heterocycles. The van der Waals surface area contributed by atoms with Crippen molar-refractivity contribution >= 4 is 58.1 Å². The molecule has 6 aromatic rings. The minimum absolute atomic E-state index is 0. The van der Waals surface area contributed by atoms with E-state index >= 15 is 0 Å².